The van der Waals surface area contributed by atoms with Crippen LogP contribution in [-0.4, -0.2) is 9.55 Å². The molecule has 4 nitrogen and oxygen atoms in total. The molecule has 0 amide bonds. The first-order chi connectivity index (χ1) is 32.4. The lowest BCUT2D eigenvalue weighted by Crippen LogP contribution is -2.31. The van der Waals surface area contributed by atoms with E-state index in [2.05, 4.69) is 226 Å². The summed E-state index contributed by atoms with van der Waals surface area (Å²) in [6, 6.07) is 60.0. The van der Waals surface area contributed by atoms with Crippen molar-refractivity contribution in [1.29, 1.82) is 0 Å². The minimum absolute atomic E-state index is 0.150. The van der Waals surface area contributed by atoms with E-state index in [9.17, 15) is 0 Å². The van der Waals surface area contributed by atoms with Gasteiger partial charge in [0.2, 0.25) is 0 Å². The molecule has 0 saturated heterocycles. The maximum absolute atomic E-state index is 4.60. The third-order valence-corrected chi connectivity index (χ3v) is 15.7. The molecule has 9 aromatic carbocycles. The summed E-state index contributed by atoms with van der Waals surface area (Å²) in [6.45, 7) is 19.0. The molecule has 11 aromatic rings. The molecule has 4 heterocycles. The normalized spacial score (nSPS) is 15.0. The molecular weight excluding hydrogens is 813 g/mol. The largest absolute Gasteiger partial charge is 0.309 e. The molecule has 0 N–H and O–H groups in total. The fraction of sp³-hybridized carbons (Fsp3) is 0.190. The van der Waals surface area contributed by atoms with Gasteiger partial charge in [-0.1, -0.05) is 152 Å². The number of nitrogens with zero attached hydrogens (tertiary/aromatic N) is 4. The van der Waals surface area contributed by atoms with Crippen LogP contribution in [-0.2, 0) is 10.8 Å². The van der Waals surface area contributed by atoms with Crippen LogP contribution in [0.1, 0.15) is 101 Å². The molecule has 13 rings (SSSR count). The van der Waals surface area contributed by atoms with E-state index in [1.54, 1.807) is 0 Å². The first-order valence-electron chi connectivity index (χ1n) is 24.1. The van der Waals surface area contributed by atoms with Crippen molar-refractivity contribution in [3.05, 3.63) is 203 Å². The Kier molecular flexibility index (Phi) is 8.36. The van der Waals surface area contributed by atoms with Crippen molar-refractivity contribution >= 4 is 88.2 Å². The van der Waals surface area contributed by atoms with E-state index in [0.29, 0.717) is 5.92 Å². The quantitative estimate of drug-likeness (QED) is 0.161. The molecular formula is C63H54N4. The molecule has 0 saturated carbocycles. The third kappa shape index (κ3) is 5.38. The van der Waals surface area contributed by atoms with Gasteiger partial charge in [-0.05, 0) is 127 Å². The van der Waals surface area contributed by atoms with Crippen LogP contribution < -0.4 is 9.80 Å². The SMILES string of the molecule is CC(C)c1cc2ccc(N3c4ccccc4C(C)(C)c4cc5c6ccccc6n(-c6cccnc6)c5cc43)c3c(C(C)C)cc4ccc(N5c6ccccc6C(C)(C)c6ccccc65)c1c4c23. The molecule has 0 radical (unpaired) electrons. The zero-order valence-corrected chi connectivity index (χ0v) is 39.6. The highest BCUT2D eigenvalue weighted by Crippen LogP contribution is 2.59. The first kappa shape index (κ1) is 39.9. The lowest BCUT2D eigenvalue weighted by Gasteiger charge is -2.43. The van der Waals surface area contributed by atoms with Gasteiger partial charge in [0.15, 0.2) is 0 Å². The van der Waals surface area contributed by atoms with E-state index in [-0.39, 0.29) is 16.7 Å². The topological polar surface area (TPSA) is 24.3 Å². The number of para-hydroxylation sites is 4. The number of fused-ring (bicyclic) bond motifs is 7. The van der Waals surface area contributed by atoms with E-state index in [1.165, 1.54) is 122 Å². The monoisotopic (exact) mass is 866 g/mol. The average molecular weight is 867 g/mol. The van der Waals surface area contributed by atoms with Crippen LogP contribution in [0.25, 0.3) is 59.8 Å². The summed E-state index contributed by atoms with van der Waals surface area (Å²) in [4.78, 5) is 9.79. The minimum Gasteiger partial charge on any atom is -0.309 e. The Morgan fingerprint density at radius 1 is 0.403 bits per heavy atom. The molecule has 0 unspecified atom stereocenters. The van der Waals surface area contributed by atoms with Crippen molar-refractivity contribution in [3.8, 4) is 5.69 Å². The Hall–Kier alpha value is -7.43. The zero-order valence-electron chi connectivity index (χ0n) is 39.6. The lowest BCUT2D eigenvalue weighted by molar-refractivity contribution is 0.632. The highest BCUT2D eigenvalue weighted by Gasteiger charge is 2.40. The highest BCUT2D eigenvalue weighted by atomic mass is 15.2. The van der Waals surface area contributed by atoms with Crippen LogP contribution in [0.5, 0.6) is 0 Å². The van der Waals surface area contributed by atoms with Gasteiger partial charge >= 0.3 is 0 Å². The number of benzene rings is 9. The van der Waals surface area contributed by atoms with Gasteiger partial charge < -0.3 is 14.4 Å². The number of aromatic nitrogens is 2. The van der Waals surface area contributed by atoms with E-state index in [4.69, 9.17) is 0 Å². The molecule has 0 fully saturated rings. The Labute approximate surface area is 393 Å². The van der Waals surface area contributed by atoms with Gasteiger partial charge in [-0.3, -0.25) is 4.98 Å². The number of pyridine rings is 1. The Balaban J connectivity index is 1.16. The van der Waals surface area contributed by atoms with E-state index >= 15 is 0 Å². The van der Waals surface area contributed by atoms with E-state index in [0.717, 1.165) is 5.69 Å². The van der Waals surface area contributed by atoms with Crippen LogP contribution in [0.2, 0.25) is 0 Å². The van der Waals surface area contributed by atoms with Gasteiger partial charge in [0.25, 0.3) is 0 Å². The Morgan fingerprint density at radius 2 is 0.896 bits per heavy atom. The summed E-state index contributed by atoms with van der Waals surface area (Å²) >= 11 is 0. The zero-order chi connectivity index (χ0) is 45.7. The fourth-order valence-corrected chi connectivity index (χ4v) is 12.5. The standard InChI is InChI=1S/C63H54N4/c1-37(2)43-32-40-28-30-55(67-53-26-16-12-22-48(53)63(7,8)49-34-45-42-19-9-13-23-50(42)65(56(45)35-57(49)67)41-18-17-31-64-36-41)61-44(38(3)4)33-39-27-29-54(60(43)58(39)59(40)61)66-51-24-14-10-20-46(51)62(5,6)47-21-11-15-25-52(47)66/h9-38H,1-8H3. The summed E-state index contributed by atoms with van der Waals surface area (Å²) in [5, 5.41) is 10.4. The van der Waals surface area contributed by atoms with Gasteiger partial charge in [0.05, 0.1) is 57.0 Å². The number of hydrogen-bond acceptors (Lipinski definition) is 3. The molecule has 2 aromatic heterocycles. The van der Waals surface area contributed by atoms with Crippen molar-refractivity contribution in [1.82, 2.24) is 9.55 Å². The predicted octanol–water partition coefficient (Wildman–Crippen LogP) is 17.5. The maximum atomic E-state index is 4.60. The molecule has 4 heteroatoms. The highest BCUT2D eigenvalue weighted by molar-refractivity contribution is 6.30. The van der Waals surface area contributed by atoms with Crippen LogP contribution in [0.3, 0.4) is 0 Å². The molecule has 0 bridgehead atoms. The Bertz CT molecular complexity index is 3780. The van der Waals surface area contributed by atoms with Gasteiger partial charge in [-0.25, -0.2) is 0 Å². The number of hydrogen-bond donors (Lipinski definition) is 0. The second kappa shape index (κ2) is 14.0. The summed E-state index contributed by atoms with van der Waals surface area (Å²) in [7, 11) is 0. The number of rotatable bonds is 5. The van der Waals surface area contributed by atoms with Crippen LogP contribution in [0, 0.1) is 0 Å². The van der Waals surface area contributed by atoms with E-state index in [1.807, 2.05) is 18.5 Å². The van der Waals surface area contributed by atoms with Crippen LogP contribution in [0.4, 0.5) is 34.1 Å². The van der Waals surface area contributed by atoms with Gasteiger partial charge in [-0.2, -0.15) is 0 Å². The van der Waals surface area contributed by atoms with Gasteiger partial charge in [-0.15, -0.1) is 0 Å². The van der Waals surface area contributed by atoms with Crippen LogP contribution >= 0.6 is 0 Å². The minimum atomic E-state index is -0.268. The van der Waals surface area contributed by atoms with Gasteiger partial charge in [0.1, 0.15) is 0 Å². The third-order valence-electron chi connectivity index (χ3n) is 15.7. The van der Waals surface area contributed by atoms with Crippen LogP contribution in [0.15, 0.2) is 170 Å². The van der Waals surface area contributed by atoms with Crippen molar-refractivity contribution in [3.63, 3.8) is 0 Å². The summed E-state index contributed by atoms with van der Waals surface area (Å²) in [5.74, 6) is 0.562. The maximum Gasteiger partial charge on any atom is 0.0645 e. The molecule has 2 aliphatic heterocycles. The molecule has 0 spiro atoms. The van der Waals surface area contributed by atoms with Crippen molar-refractivity contribution in [2.45, 2.75) is 78.1 Å². The summed E-state index contributed by atoms with van der Waals surface area (Å²) in [5.41, 5.74) is 18.4. The molecule has 0 atom stereocenters. The Morgan fingerprint density at radius 3 is 1.42 bits per heavy atom. The molecule has 2 aliphatic rings. The number of anilines is 6. The fourth-order valence-electron chi connectivity index (χ4n) is 12.5. The first-order valence-corrected chi connectivity index (χ1v) is 24.1. The summed E-state index contributed by atoms with van der Waals surface area (Å²) in [6.07, 6.45) is 3.85. The molecule has 67 heavy (non-hydrogen) atoms. The molecule has 0 aliphatic carbocycles. The summed E-state index contributed by atoms with van der Waals surface area (Å²) < 4.78 is 2.40. The van der Waals surface area contributed by atoms with Crippen molar-refractivity contribution < 1.29 is 0 Å². The lowest BCUT2D eigenvalue weighted by atomic mass is 9.73. The smallest absolute Gasteiger partial charge is 0.0645 e. The second-order valence-corrected chi connectivity index (χ2v) is 20.8. The van der Waals surface area contributed by atoms with Crippen molar-refractivity contribution in [2.24, 2.45) is 0 Å². The van der Waals surface area contributed by atoms with E-state index < -0.39 is 0 Å². The van der Waals surface area contributed by atoms with Gasteiger partial charge in [0, 0.05) is 38.6 Å². The average Bonchev–Trinajstić information content (AvgIpc) is 3.66. The second-order valence-electron chi connectivity index (χ2n) is 20.8. The molecule has 326 valence electrons. The van der Waals surface area contributed by atoms with Crippen molar-refractivity contribution in [2.75, 3.05) is 9.80 Å². The predicted molar refractivity (Wildman–Crippen MR) is 284 cm³/mol.